The molecule has 4 aliphatic heterocycles. The zero-order valence-corrected chi connectivity index (χ0v) is 29.5. The SMILES string of the molecule is CC1(O)CCN(C2CCN(C(=O)[C@@H](Cc3cc(C(F)(F)F)cc(C(F)(F)F)c3)OC(=O)N3CCC(N4CCc5ccccc5NC4=O)CC3)CC2)CC1. The minimum Gasteiger partial charge on any atom is -0.436 e. The van der Waals surface area contributed by atoms with E-state index in [1.54, 1.807) is 11.8 Å². The van der Waals surface area contributed by atoms with E-state index in [9.17, 15) is 45.8 Å². The lowest BCUT2D eigenvalue weighted by Gasteiger charge is -2.43. The number of anilines is 1. The number of hydrogen-bond donors (Lipinski definition) is 2. The molecular formula is C37H45F6N5O5. The molecule has 0 unspecified atom stereocenters. The van der Waals surface area contributed by atoms with Gasteiger partial charge in [-0.15, -0.1) is 0 Å². The van der Waals surface area contributed by atoms with E-state index in [4.69, 9.17) is 4.74 Å². The number of likely N-dealkylation sites (tertiary alicyclic amines) is 3. The molecule has 0 bridgehead atoms. The maximum Gasteiger partial charge on any atom is 0.416 e. The summed E-state index contributed by atoms with van der Waals surface area (Å²) in [6, 6.07) is 8.33. The Hall–Kier alpha value is -4.05. The van der Waals surface area contributed by atoms with Gasteiger partial charge in [0, 0.05) is 70.0 Å². The third-order valence-corrected chi connectivity index (χ3v) is 11.1. The smallest absolute Gasteiger partial charge is 0.416 e. The van der Waals surface area contributed by atoms with Gasteiger partial charge in [0.05, 0.1) is 16.7 Å². The van der Waals surface area contributed by atoms with Crippen molar-refractivity contribution < 1.29 is 50.6 Å². The van der Waals surface area contributed by atoms with E-state index in [1.807, 2.05) is 24.3 Å². The van der Waals surface area contributed by atoms with Gasteiger partial charge in [0.2, 0.25) is 0 Å². The van der Waals surface area contributed by atoms with Gasteiger partial charge in [-0.25, -0.2) is 9.59 Å². The topological polar surface area (TPSA) is 106 Å². The van der Waals surface area contributed by atoms with Gasteiger partial charge in [0.25, 0.3) is 5.91 Å². The largest absolute Gasteiger partial charge is 0.436 e. The van der Waals surface area contributed by atoms with Crippen molar-refractivity contribution in [3.63, 3.8) is 0 Å². The maximum absolute atomic E-state index is 14.0. The fraction of sp³-hybridized carbons (Fsp3) is 0.595. The summed E-state index contributed by atoms with van der Waals surface area (Å²) in [5.74, 6) is -0.694. The molecule has 4 aliphatic rings. The number of nitrogens with zero attached hydrogens (tertiary/aromatic N) is 4. The van der Waals surface area contributed by atoms with Gasteiger partial charge in [-0.2, -0.15) is 26.3 Å². The first-order valence-electron chi connectivity index (χ1n) is 18.1. The number of carbonyl (C=O) groups is 3. The number of urea groups is 1. The van der Waals surface area contributed by atoms with Crippen molar-refractivity contribution in [1.29, 1.82) is 0 Å². The van der Waals surface area contributed by atoms with Crippen LogP contribution in [0, 0.1) is 0 Å². The highest BCUT2D eigenvalue weighted by Crippen LogP contribution is 2.37. The number of aliphatic hydroxyl groups is 1. The van der Waals surface area contributed by atoms with Crippen molar-refractivity contribution in [3.8, 4) is 0 Å². The molecule has 0 aliphatic carbocycles. The Morgan fingerprint density at radius 3 is 2.02 bits per heavy atom. The number of nitrogens with one attached hydrogen (secondary N) is 1. The van der Waals surface area contributed by atoms with Crippen molar-refractivity contribution in [2.24, 2.45) is 0 Å². The zero-order chi connectivity index (χ0) is 38.1. The van der Waals surface area contributed by atoms with Gasteiger partial charge in [0.15, 0.2) is 6.10 Å². The fourth-order valence-corrected chi connectivity index (χ4v) is 7.85. The number of carbonyl (C=O) groups excluding carboxylic acids is 3. The second-order valence-corrected chi connectivity index (χ2v) is 14.8. The third-order valence-electron chi connectivity index (χ3n) is 11.1. The molecule has 2 N–H and O–H groups in total. The number of fused-ring (bicyclic) bond motifs is 1. The molecule has 290 valence electrons. The minimum absolute atomic E-state index is 0.0183. The second-order valence-electron chi connectivity index (χ2n) is 14.8. The molecular weight excluding hydrogens is 708 g/mol. The number of piperidine rings is 3. The first-order chi connectivity index (χ1) is 25.0. The Balaban J connectivity index is 1.14. The summed E-state index contributed by atoms with van der Waals surface area (Å²) in [6.45, 7) is 4.49. The molecule has 16 heteroatoms. The molecule has 10 nitrogen and oxygen atoms in total. The van der Waals surface area contributed by atoms with Crippen LogP contribution in [0.5, 0.6) is 0 Å². The minimum atomic E-state index is -5.09. The van der Waals surface area contributed by atoms with Gasteiger partial charge in [-0.1, -0.05) is 18.2 Å². The summed E-state index contributed by atoms with van der Waals surface area (Å²) in [5, 5.41) is 13.3. The monoisotopic (exact) mass is 753 g/mol. The molecule has 3 saturated heterocycles. The number of rotatable bonds is 6. The van der Waals surface area contributed by atoms with Gasteiger partial charge in [-0.3, -0.25) is 4.79 Å². The average Bonchev–Trinajstić information content (AvgIpc) is 3.28. The van der Waals surface area contributed by atoms with E-state index < -0.39 is 59.2 Å². The van der Waals surface area contributed by atoms with Crippen LogP contribution in [0.25, 0.3) is 0 Å². The first kappa shape index (κ1) is 38.7. The number of halogens is 6. The van der Waals surface area contributed by atoms with Crippen LogP contribution in [0.4, 0.5) is 41.6 Å². The van der Waals surface area contributed by atoms with Crippen LogP contribution in [-0.4, -0.2) is 112 Å². The highest BCUT2D eigenvalue weighted by molar-refractivity contribution is 5.91. The molecule has 1 atom stereocenters. The standard InChI is InChI=1S/C37H45F6N5O5/c1-35(52)11-18-45(19-12-35)28-7-13-46(14-8-28)32(49)31(22-24-20-26(36(38,39)40)23-27(21-24)37(41,42)43)53-34(51)47-15-9-29(10-16-47)48-17-6-25-4-2-3-5-30(25)44-33(48)50/h2-5,20-21,23,28-29,31,52H,6-19,22H2,1H3,(H,44,50)/t31-/m1/s1. The summed E-state index contributed by atoms with van der Waals surface area (Å²) in [5.41, 5.74) is -2.48. The average molecular weight is 754 g/mol. The van der Waals surface area contributed by atoms with Gasteiger partial charge in [-0.05, 0) is 87.3 Å². The molecule has 0 aromatic heterocycles. The zero-order valence-electron chi connectivity index (χ0n) is 29.5. The molecule has 4 heterocycles. The predicted molar refractivity (Wildman–Crippen MR) is 182 cm³/mol. The summed E-state index contributed by atoms with van der Waals surface area (Å²) < 4.78 is 88.0. The van der Waals surface area contributed by atoms with Crippen molar-refractivity contribution in [2.45, 2.75) is 94.4 Å². The molecule has 0 radical (unpaired) electrons. The summed E-state index contributed by atoms with van der Waals surface area (Å²) >= 11 is 0. The highest BCUT2D eigenvalue weighted by atomic mass is 19.4. The van der Waals surface area contributed by atoms with Gasteiger partial charge < -0.3 is 34.8 Å². The summed E-state index contributed by atoms with van der Waals surface area (Å²) in [7, 11) is 0. The quantitative estimate of drug-likeness (QED) is 0.343. The first-order valence-corrected chi connectivity index (χ1v) is 18.1. The fourth-order valence-electron chi connectivity index (χ4n) is 7.85. The van der Waals surface area contributed by atoms with Crippen molar-refractivity contribution in [3.05, 3.63) is 64.7 Å². The van der Waals surface area contributed by atoms with E-state index in [2.05, 4.69) is 10.2 Å². The maximum atomic E-state index is 14.0. The van der Waals surface area contributed by atoms with Crippen LogP contribution >= 0.6 is 0 Å². The molecule has 4 amide bonds. The Morgan fingerprint density at radius 2 is 1.42 bits per heavy atom. The molecule has 0 saturated carbocycles. The number of benzene rings is 2. The van der Waals surface area contributed by atoms with E-state index in [0.29, 0.717) is 76.7 Å². The van der Waals surface area contributed by atoms with Gasteiger partial charge in [0.1, 0.15) is 0 Å². The summed E-state index contributed by atoms with van der Waals surface area (Å²) in [4.78, 5) is 47.4. The van der Waals surface area contributed by atoms with Crippen molar-refractivity contribution >= 4 is 23.7 Å². The third kappa shape index (κ3) is 9.37. The molecule has 53 heavy (non-hydrogen) atoms. The Labute approximate surface area is 304 Å². The number of alkyl halides is 6. The number of ether oxygens (including phenoxy) is 1. The number of hydrogen-bond acceptors (Lipinski definition) is 6. The van der Waals surface area contributed by atoms with Crippen LogP contribution in [0.3, 0.4) is 0 Å². The van der Waals surface area contributed by atoms with Crippen molar-refractivity contribution in [2.75, 3.05) is 51.1 Å². The number of amides is 4. The molecule has 2 aromatic carbocycles. The Morgan fingerprint density at radius 1 is 0.849 bits per heavy atom. The Bertz CT molecular complexity index is 1610. The van der Waals surface area contributed by atoms with E-state index >= 15 is 0 Å². The lowest BCUT2D eigenvalue weighted by atomic mass is 9.91. The van der Waals surface area contributed by atoms with Crippen LogP contribution in [0.2, 0.25) is 0 Å². The molecule has 2 aromatic rings. The van der Waals surface area contributed by atoms with Crippen LogP contribution < -0.4 is 5.32 Å². The van der Waals surface area contributed by atoms with Crippen LogP contribution in [0.1, 0.15) is 67.7 Å². The second kappa shape index (κ2) is 15.4. The van der Waals surface area contributed by atoms with Gasteiger partial charge >= 0.3 is 24.5 Å². The van der Waals surface area contributed by atoms with Crippen LogP contribution in [-0.2, 0) is 34.7 Å². The Kier molecular flexibility index (Phi) is 11.2. The molecule has 3 fully saturated rings. The predicted octanol–water partition coefficient (Wildman–Crippen LogP) is 6.16. The van der Waals surface area contributed by atoms with Crippen molar-refractivity contribution in [1.82, 2.24) is 19.6 Å². The lowest BCUT2D eigenvalue weighted by Crippen LogP contribution is -2.54. The van der Waals surface area contributed by atoms with E-state index in [0.717, 1.165) is 11.3 Å². The lowest BCUT2D eigenvalue weighted by molar-refractivity contribution is -0.143. The molecule has 6 rings (SSSR count). The van der Waals surface area contributed by atoms with Crippen LogP contribution in [0.15, 0.2) is 42.5 Å². The number of para-hydroxylation sites is 1. The normalized spacial score (nSPS) is 21.4. The highest BCUT2D eigenvalue weighted by Gasteiger charge is 2.40. The van der Waals surface area contributed by atoms with E-state index in [1.165, 1.54) is 9.80 Å². The summed E-state index contributed by atoms with van der Waals surface area (Å²) in [6.07, 6.45) is -9.66. The molecule has 0 spiro atoms. The van der Waals surface area contributed by atoms with E-state index in [-0.39, 0.29) is 50.4 Å².